The van der Waals surface area contributed by atoms with Crippen molar-refractivity contribution < 1.29 is 12.8 Å². The van der Waals surface area contributed by atoms with Crippen LogP contribution in [-0.2, 0) is 10.0 Å². The first-order chi connectivity index (χ1) is 11.0. The van der Waals surface area contributed by atoms with E-state index in [1.807, 2.05) is 6.92 Å². The van der Waals surface area contributed by atoms with Gasteiger partial charge in [-0.3, -0.25) is 0 Å². The quantitative estimate of drug-likeness (QED) is 0.855. The Kier molecular flexibility index (Phi) is 5.97. The summed E-state index contributed by atoms with van der Waals surface area (Å²) in [4.78, 5) is -0.0684. The highest BCUT2D eigenvalue weighted by Gasteiger charge is 2.22. The summed E-state index contributed by atoms with van der Waals surface area (Å²) in [6, 6.07) is 3.76. The molecule has 0 spiro atoms. The molecule has 3 rings (SSSR count). The molecule has 0 unspecified atom stereocenters. The zero-order valence-corrected chi connectivity index (χ0v) is 14.8. The van der Waals surface area contributed by atoms with E-state index in [9.17, 15) is 12.8 Å². The average molecular weight is 375 g/mol. The molecule has 0 bridgehead atoms. The number of hydrogen-bond acceptors (Lipinski definition) is 4. The van der Waals surface area contributed by atoms with Gasteiger partial charge in [-0.05, 0) is 56.6 Å². The third-order valence-electron chi connectivity index (χ3n) is 3.85. The molecule has 6 nitrogen and oxygen atoms in total. The summed E-state index contributed by atoms with van der Waals surface area (Å²) in [5, 5.41) is 7.21. The Morgan fingerprint density at radius 1 is 1.33 bits per heavy atom. The maximum absolute atomic E-state index is 14.3. The summed E-state index contributed by atoms with van der Waals surface area (Å²) in [6.45, 7) is 3.40. The molecule has 2 heterocycles. The van der Waals surface area contributed by atoms with Gasteiger partial charge in [0.15, 0.2) is 0 Å². The van der Waals surface area contributed by atoms with Crippen molar-refractivity contribution in [1.82, 2.24) is 19.8 Å². The van der Waals surface area contributed by atoms with Gasteiger partial charge in [0.05, 0.1) is 11.1 Å². The van der Waals surface area contributed by atoms with Crippen molar-refractivity contribution in [2.24, 2.45) is 0 Å². The van der Waals surface area contributed by atoms with Crippen LogP contribution in [0.5, 0.6) is 0 Å². The van der Waals surface area contributed by atoms with Crippen LogP contribution in [0.2, 0.25) is 0 Å². The van der Waals surface area contributed by atoms with E-state index in [1.54, 1.807) is 12.4 Å². The minimum Gasteiger partial charge on any atom is -0.317 e. The number of sulfonamides is 1. The third-order valence-corrected chi connectivity index (χ3v) is 5.37. The van der Waals surface area contributed by atoms with Gasteiger partial charge >= 0.3 is 0 Å². The summed E-state index contributed by atoms with van der Waals surface area (Å²) in [5.74, 6) is -0.624. The summed E-state index contributed by atoms with van der Waals surface area (Å²) in [6.07, 6.45) is 4.75. The maximum Gasteiger partial charge on any atom is 0.240 e. The maximum atomic E-state index is 14.3. The Hall–Kier alpha value is -1.48. The van der Waals surface area contributed by atoms with Crippen molar-refractivity contribution in [2.75, 3.05) is 13.1 Å². The number of halogens is 2. The Morgan fingerprint density at radius 2 is 2.04 bits per heavy atom. The van der Waals surface area contributed by atoms with Gasteiger partial charge in [0.1, 0.15) is 11.5 Å². The number of piperidine rings is 1. The fourth-order valence-electron chi connectivity index (χ4n) is 2.61. The molecule has 1 aliphatic rings. The highest BCUT2D eigenvalue weighted by molar-refractivity contribution is 7.89. The van der Waals surface area contributed by atoms with Gasteiger partial charge in [0, 0.05) is 12.2 Å². The highest BCUT2D eigenvalue weighted by Crippen LogP contribution is 2.19. The van der Waals surface area contributed by atoms with Crippen LogP contribution in [-0.4, -0.2) is 37.3 Å². The van der Waals surface area contributed by atoms with E-state index in [0.717, 1.165) is 37.6 Å². The van der Waals surface area contributed by atoms with Crippen LogP contribution in [0.25, 0.3) is 5.69 Å². The Bertz CT molecular complexity index is 804. The number of nitrogens with zero attached hydrogens (tertiary/aromatic N) is 2. The molecule has 2 aromatic rings. The lowest BCUT2D eigenvalue weighted by Crippen LogP contribution is -2.42. The lowest BCUT2D eigenvalue weighted by atomic mass is 10.1. The number of aromatic nitrogens is 2. The van der Waals surface area contributed by atoms with Crippen molar-refractivity contribution in [1.29, 1.82) is 0 Å². The predicted molar refractivity (Wildman–Crippen MR) is 91.7 cm³/mol. The van der Waals surface area contributed by atoms with Crippen molar-refractivity contribution >= 4 is 22.4 Å². The molecule has 1 fully saturated rings. The number of benzene rings is 1. The topological polar surface area (TPSA) is 76.0 Å². The van der Waals surface area contributed by atoms with Crippen molar-refractivity contribution in [2.45, 2.75) is 30.7 Å². The monoisotopic (exact) mass is 374 g/mol. The molecule has 1 aromatic heterocycles. The molecule has 9 heteroatoms. The summed E-state index contributed by atoms with van der Waals surface area (Å²) in [5.41, 5.74) is 1.12. The van der Waals surface area contributed by atoms with Crippen LogP contribution < -0.4 is 10.0 Å². The van der Waals surface area contributed by atoms with Crippen LogP contribution in [0.1, 0.15) is 18.4 Å². The molecule has 0 amide bonds. The van der Waals surface area contributed by atoms with E-state index in [1.165, 1.54) is 16.8 Å². The SMILES string of the molecule is Cc1cnn(-c2ccc(S(=O)(=O)NC3CCNCC3)cc2F)c1.Cl. The van der Waals surface area contributed by atoms with Crippen molar-refractivity contribution in [3.63, 3.8) is 0 Å². The van der Waals surface area contributed by atoms with Crippen LogP contribution in [0.3, 0.4) is 0 Å². The summed E-state index contributed by atoms with van der Waals surface area (Å²) < 4.78 is 43.1. The number of hydrogen-bond donors (Lipinski definition) is 2. The van der Waals surface area contributed by atoms with Gasteiger partial charge in [-0.25, -0.2) is 22.2 Å². The number of aryl methyl sites for hydroxylation is 1. The van der Waals surface area contributed by atoms with E-state index in [2.05, 4.69) is 15.1 Å². The Balaban J connectivity index is 0.00000208. The standard InChI is InChI=1S/C15H19FN4O2S.ClH/c1-11-9-18-20(10-11)15-3-2-13(8-14(15)16)23(21,22)19-12-4-6-17-7-5-12;/h2-3,8-10,12,17,19H,4-7H2,1H3;1H. The normalized spacial score (nSPS) is 15.9. The molecule has 132 valence electrons. The molecule has 0 radical (unpaired) electrons. The summed E-state index contributed by atoms with van der Waals surface area (Å²) in [7, 11) is -3.72. The molecule has 1 saturated heterocycles. The minimum atomic E-state index is -3.72. The molecule has 1 aliphatic heterocycles. The van der Waals surface area contributed by atoms with Crippen LogP contribution in [0.15, 0.2) is 35.5 Å². The van der Waals surface area contributed by atoms with Gasteiger partial charge in [-0.15, -0.1) is 12.4 Å². The fourth-order valence-corrected chi connectivity index (χ4v) is 3.93. The highest BCUT2D eigenvalue weighted by atomic mass is 35.5. The first-order valence-electron chi connectivity index (χ1n) is 7.50. The van der Waals surface area contributed by atoms with Crippen LogP contribution in [0, 0.1) is 12.7 Å². The van der Waals surface area contributed by atoms with Gasteiger partial charge < -0.3 is 5.32 Å². The lowest BCUT2D eigenvalue weighted by Gasteiger charge is -2.23. The summed E-state index contributed by atoms with van der Waals surface area (Å²) >= 11 is 0. The second-order valence-corrected chi connectivity index (χ2v) is 7.44. The van der Waals surface area contributed by atoms with E-state index >= 15 is 0 Å². The second kappa shape index (κ2) is 7.60. The Morgan fingerprint density at radius 3 is 2.62 bits per heavy atom. The van der Waals surface area contributed by atoms with Gasteiger partial charge in [0.25, 0.3) is 0 Å². The molecule has 1 aromatic carbocycles. The molecule has 0 atom stereocenters. The second-order valence-electron chi connectivity index (χ2n) is 5.72. The molecule has 2 N–H and O–H groups in total. The minimum absolute atomic E-state index is 0. The molecule has 24 heavy (non-hydrogen) atoms. The lowest BCUT2D eigenvalue weighted by molar-refractivity contribution is 0.427. The van der Waals surface area contributed by atoms with Gasteiger partial charge in [0.2, 0.25) is 10.0 Å². The van der Waals surface area contributed by atoms with Crippen LogP contribution >= 0.6 is 12.4 Å². The van der Waals surface area contributed by atoms with Gasteiger partial charge in [-0.2, -0.15) is 5.10 Å². The first kappa shape index (κ1) is 18.9. The zero-order valence-electron chi connectivity index (χ0n) is 13.2. The molecular weight excluding hydrogens is 355 g/mol. The van der Waals surface area contributed by atoms with E-state index in [0.29, 0.717) is 0 Å². The van der Waals surface area contributed by atoms with E-state index in [4.69, 9.17) is 0 Å². The first-order valence-corrected chi connectivity index (χ1v) is 8.98. The molecule has 0 saturated carbocycles. The van der Waals surface area contributed by atoms with Crippen molar-refractivity contribution in [3.8, 4) is 5.69 Å². The van der Waals surface area contributed by atoms with Crippen molar-refractivity contribution in [3.05, 3.63) is 42.0 Å². The van der Waals surface area contributed by atoms with Gasteiger partial charge in [-0.1, -0.05) is 0 Å². The fraction of sp³-hybridized carbons (Fsp3) is 0.400. The molecule has 0 aliphatic carbocycles. The zero-order chi connectivity index (χ0) is 16.4. The van der Waals surface area contributed by atoms with Crippen LogP contribution in [0.4, 0.5) is 4.39 Å². The van der Waals surface area contributed by atoms with E-state index < -0.39 is 15.8 Å². The van der Waals surface area contributed by atoms with E-state index in [-0.39, 0.29) is 29.0 Å². The largest absolute Gasteiger partial charge is 0.317 e. The molecular formula is C15H20ClFN4O2S. The predicted octanol–water partition coefficient (Wildman–Crippen LogP) is 1.77. The average Bonchev–Trinajstić information content (AvgIpc) is 2.94. The smallest absolute Gasteiger partial charge is 0.240 e. The Labute approximate surface area is 146 Å². The number of nitrogens with one attached hydrogen (secondary N) is 2. The number of rotatable bonds is 4. The third kappa shape index (κ3) is 4.13.